The van der Waals surface area contributed by atoms with E-state index in [1.807, 2.05) is 0 Å². The molecule has 3 heterocycles. The lowest BCUT2D eigenvalue weighted by molar-refractivity contribution is -0.0584. The Labute approximate surface area is 135 Å². The maximum atomic E-state index is 12.3. The summed E-state index contributed by atoms with van der Waals surface area (Å²) in [6.45, 7) is 0. The summed E-state index contributed by atoms with van der Waals surface area (Å²) in [5, 5.41) is 4.51. The van der Waals surface area contributed by atoms with Crippen LogP contribution in [0.25, 0.3) is 11.0 Å². The van der Waals surface area contributed by atoms with E-state index in [4.69, 9.17) is 4.84 Å². The molecule has 0 N–H and O–H groups in total. The second-order valence-corrected chi connectivity index (χ2v) is 5.23. The van der Waals surface area contributed by atoms with Crippen molar-refractivity contribution in [3.8, 4) is 0 Å². The second kappa shape index (κ2) is 4.98. The molecular weight excluding hydrogens is 312 g/mol. The zero-order chi connectivity index (χ0) is 16.8. The number of carbonyl (C=O) groups excluding carboxylic acids is 3. The molecule has 0 spiro atoms. The number of pyridine rings is 1. The molecule has 2 amide bonds. The number of nitrogens with zero attached hydrogens (tertiary/aromatic N) is 4. The number of aryl methyl sites for hydroxylation is 1. The van der Waals surface area contributed by atoms with Crippen LogP contribution in [0.1, 0.15) is 31.1 Å². The Morgan fingerprint density at radius 2 is 1.75 bits per heavy atom. The van der Waals surface area contributed by atoms with Crippen molar-refractivity contribution in [1.82, 2.24) is 19.8 Å². The number of fused-ring (bicyclic) bond motifs is 2. The van der Waals surface area contributed by atoms with Gasteiger partial charge >= 0.3 is 5.97 Å². The minimum atomic E-state index is -0.847. The number of aromatic nitrogens is 3. The normalized spacial score (nSPS) is 13.5. The van der Waals surface area contributed by atoms with E-state index >= 15 is 0 Å². The maximum Gasteiger partial charge on any atom is 0.365 e. The number of imide groups is 1. The summed E-state index contributed by atoms with van der Waals surface area (Å²) in [7, 11) is 1.71. The van der Waals surface area contributed by atoms with Crippen molar-refractivity contribution in [2.75, 3.05) is 0 Å². The number of carbonyl (C=O) groups is 3. The third kappa shape index (κ3) is 1.97. The summed E-state index contributed by atoms with van der Waals surface area (Å²) < 4.78 is 1.56. The van der Waals surface area contributed by atoms with Gasteiger partial charge in [-0.15, -0.1) is 0 Å². The van der Waals surface area contributed by atoms with Crippen LogP contribution in [0.5, 0.6) is 0 Å². The minimum Gasteiger partial charge on any atom is -0.324 e. The third-order valence-corrected chi connectivity index (χ3v) is 3.77. The second-order valence-electron chi connectivity index (χ2n) is 5.23. The molecule has 0 radical (unpaired) electrons. The predicted molar refractivity (Wildman–Crippen MR) is 80.9 cm³/mol. The smallest absolute Gasteiger partial charge is 0.324 e. The average molecular weight is 322 g/mol. The monoisotopic (exact) mass is 322 g/mol. The van der Waals surface area contributed by atoms with E-state index in [0.717, 1.165) is 0 Å². The third-order valence-electron chi connectivity index (χ3n) is 3.77. The average Bonchev–Trinajstić information content (AvgIpc) is 3.08. The lowest BCUT2D eigenvalue weighted by Gasteiger charge is -2.12. The highest BCUT2D eigenvalue weighted by Gasteiger charge is 2.38. The van der Waals surface area contributed by atoms with E-state index in [1.165, 1.54) is 24.4 Å². The first kappa shape index (κ1) is 14.1. The molecule has 1 aliphatic heterocycles. The molecule has 2 aromatic heterocycles. The minimum absolute atomic E-state index is 0.114. The first-order valence-corrected chi connectivity index (χ1v) is 7.04. The van der Waals surface area contributed by atoms with Crippen LogP contribution < -0.4 is 0 Å². The van der Waals surface area contributed by atoms with Crippen molar-refractivity contribution >= 4 is 28.8 Å². The fraction of sp³-hybridized carbons (Fsp3) is 0.0625. The largest absolute Gasteiger partial charge is 0.365 e. The molecule has 8 nitrogen and oxygen atoms in total. The fourth-order valence-corrected chi connectivity index (χ4v) is 2.52. The van der Waals surface area contributed by atoms with E-state index in [0.29, 0.717) is 16.1 Å². The standard InChI is InChI=1S/C16H10N4O4/c1-19-13-6-9(7-17-12(13)8-18-19)16(23)24-20-14(21)10-4-2-3-5-11(10)15(20)22/h2-8H,1H3. The van der Waals surface area contributed by atoms with Crippen molar-refractivity contribution in [2.45, 2.75) is 0 Å². The number of benzene rings is 1. The van der Waals surface area contributed by atoms with Crippen LogP contribution in [-0.4, -0.2) is 37.6 Å². The van der Waals surface area contributed by atoms with Gasteiger partial charge in [-0.05, 0) is 18.2 Å². The van der Waals surface area contributed by atoms with Crippen LogP contribution in [0.3, 0.4) is 0 Å². The summed E-state index contributed by atoms with van der Waals surface area (Å²) in [6.07, 6.45) is 2.87. The molecule has 24 heavy (non-hydrogen) atoms. The molecular formula is C16H10N4O4. The molecule has 0 bridgehead atoms. The van der Waals surface area contributed by atoms with E-state index in [1.54, 1.807) is 30.1 Å². The molecule has 0 aliphatic carbocycles. The molecule has 0 unspecified atom stereocenters. The Morgan fingerprint density at radius 1 is 1.08 bits per heavy atom. The van der Waals surface area contributed by atoms with Crippen LogP contribution in [0, 0.1) is 0 Å². The Balaban J connectivity index is 1.63. The molecule has 8 heteroatoms. The Bertz CT molecular complexity index is 989. The first-order chi connectivity index (χ1) is 11.6. The van der Waals surface area contributed by atoms with Gasteiger partial charge in [-0.2, -0.15) is 5.10 Å². The molecule has 1 aliphatic rings. The van der Waals surface area contributed by atoms with Gasteiger partial charge in [0.05, 0.1) is 28.4 Å². The van der Waals surface area contributed by atoms with E-state index in [2.05, 4.69) is 10.1 Å². The summed E-state index contributed by atoms with van der Waals surface area (Å²) in [6, 6.07) is 7.82. The van der Waals surface area contributed by atoms with Crippen LogP contribution in [-0.2, 0) is 11.9 Å². The molecule has 118 valence electrons. The number of hydrogen-bond donors (Lipinski definition) is 0. The maximum absolute atomic E-state index is 12.3. The van der Waals surface area contributed by atoms with Gasteiger partial charge in [0.15, 0.2) is 0 Å². The van der Waals surface area contributed by atoms with Crippen molar-refractivity contribution in [2.24, 2.45) is 7.05 Å². The van der Waals surface area contributed by atoms with Crippen molar-refractivity contribution in [3.05, 3.63) is 59.4 Å². The van der Waals surface area contributed by atoms with Crippen molar-refractivity contribution < 1.29 is 19.2 Å². The molecule has 0 fully saturated rings. The quantitative estimate of drug-likeness (QED) is 0.661. The van der Waals surface area contributed by atoms with Crippen LogP contribution >= 0.6 is 0 Å². The molecule has 0 atom stereocenters. The molecule has 3 aromatic rings. The summed E-state index contributed by atoms with van der Waals surface area (Å²) >= 11 is 0. The van der Waals surface area contributed by atoms with Gasteiger partial charge in [-0.25, -0.2) is 4.79 Å². The van der Waals surface area contributed by atoms with Gasteiger partial charge in [0.1, 0.15) is 5.52 Å². The zero-order valence-electron chi connectivity index (χ0n) is 12.5. The molecule has 0 saturated heterocycles. The van der Waals surface area contributed by atoms with Gasteiger partial charge in [0.25, 0.3) is 11.8 Å². The summed E-state index contributed by atoms with van der Waals surface area (Å²) in [5.41, 5.74) is 1.77. The van der Waals surface area contributed by atoms with Gasteiger partial charge < -0.3 is 4.84 Å². The lowest BCUT2D eigenvalue weighted by Crippen LogP contribution is -2.32. The van der Waals surface area contributed by atoms with E-state index in [-0.39, 0.29) is 16.7 Å². The van der Waals surface area contributed by atoms with Gasteiger partial charge in [0, 0.05) is 13.2 Å². The van der Waals surface area contributed by atoms with Crippen molar-refractivity contribution in [1.29, 1.82) is 0 Å². The predicted octanol–water partition coefficient (Wildman–Crippen LogP) is 1.34. The number of amides is 2. The number of hydrogen-bond acceptors (Lipinski definition) is 6. The number of hydroxylamine groups is 2. The highest BCUT2D eigenvalue weighted by atomic mass is 16.7. The van der Waals surface area contributed by atoms with Gasteiger partial charge in [-0.3, -0.25) is 19.3 Å². The van der Waals surface area contributed by atoms with Crippen molar-refractivity contribution in [3.63, 3.8) is 0 Å². The fourth-order valence-electron chi connectivity index (χ4n) is 2.52. The highest BCUT2D eigenvalue weighted by molar-refractivity contribution is 6.21. The van der Waals surface area contributed by atoms with Crippen LogP contribution in [0.15, 0.2) is 42.7 Å². The lowest BCUT2D eigenvalue weighted by atomic mass is 10.1. The van der Waals surface area contributed by atoms with E-state index in [9.17, 15) is 14.4 Å². The molecule has 0 saturated carbocycles. The van der Waals surface area contributed by atoms with Gasteiger partial charge in [-0.1, -0.05) is 17.2 Å². The topological polar surface area (TPSA) is 94.4 Å². The zero-order valence-corrected chi connectivity index (χ0v) is 12.5. The molecule has 4 rings (SSSR count). The van der Waals surface area contributed by atoms with Gasteiger partial charge in [0.2, 0.25) is 0 Å². The van der Waals surface area contributed by atoms with E-state index < -0.39 is 17.8 Å². The van der Waals surface area contributed by atoms with Crippen LogP contribution in [0.2, 0.25) is 0 Å². The number of rotatable bonds is 2. The molecule has 1 aromatic carbocycles. The SMILES string of the molecule is Cn1ncc2ncc(C(=O)ON3C(=O)c4ccccc4C3=O)cc21. The highest BCUT2D eigenvalue weighted by Crippen LogP contribution is 2.23. The Hall–Kier alpha value is -3.55. The summed E-state index contributed by atoms with van der Waals surface area (Å²) in [4.78, 5) is 45.8. The Morgan fingerprint density at radius 3 is 2.42 bits per heavy atom. The summed E-state index contributed by atoms with van der Waals surface area (Å²) in [5.74, 6) is -2.18. The first-order valence-electron chi connectivity index (χ1n) is 7.04. The Kier molecular flexibility index (Phi) is 2.92. The van der Waals surface area contributed by atoms with Crippen LogP contribution in [0.4, 0.5) is 0 Å².